The minimum Gasteiger partial charge on any atom is -0.481 e. The molecule has 0 aliphatic carbocycles. The molecule has 0 saturated carbocycles. The molecule has 0 aliphatic heterocycles. The molecule has 0 aliphatic rings. The van der Waals surface area contributed by atoms with Crippen molar-refractivity contribution >= 4 is 23.6 Å². The predicted octanol–water partition coefficient (Wildman–Crippen LogP) is 3.06. The molecule has 138 valence electrons. The van der Waals surface area contributed by atoms with Gasteiger partial charge in [-0.1, -0.05) is 0 Å². The molecular formula is C16H11F3N6O2. The Morgan fingerprint density at radius 3 is 2.74 bits per heavy atom. The van der Waals surface area contributed by atoms with E-state index in [1.54, 1.807) is 13.0 Å². The second-order valence-corrected chi connectivity index (χ2v) is 5.46. The molecule has 0 atom stereocenters. The second kappa shape index (κ2) is 6.99. The SMILES string of the molecule is C=Nc1c(Cc2ccc(OCC(F)(F)F)c(C#N)n2)c(C)nc2nonc12. The van der Waals surface area contributed by atoms with E-state index in [4.69, 9.17) is 5.26 Å². The average Bonchev–Trinajstić information content (AvgIpc) is 3.08. The number of fused-ring (bicyclic) bond motifs is 1. The molecular weight excluding hydrogens is 365 g/mol. The van der Waals surface area contributed by atoms with Crippen molar-refractivity contribution in [2.24, 2.45) is 4.99 Å². The molecule has 0 amide bonds. The maximum Gasteiger partial charge on any atom is 0.422 e. The van der Waals surface area contributed by atoms with Gasteiger partial charge in [0.15, 0.2) is 23.6 Å². The van der Waals surface area contributed by atoms with E-state index < -0.39 is 12.8 Å². The first kappa shape index (κ1) is 18.2. The fraction of sp³-hybridized carbons (Fsp3) is 0.250. The van der Waals surface area contributed by atoms with E-state index in [1.165, 1.54) is 12.1 Å². The van der Waals surface area contributed by atoms with Crippen LogP contribution in [0.1, 0.15) is 22.6 Å². The summed E-state index contributed by atoms with van der Waals surface area (Å²) in [7, 11) is 0. The largest absolute Gasteiger partial charge is 0.481 e. The molecule has 0 N–H and O–H groups in total. The number of nitriles is 1. The smallest absolute Gasteiger partial charge is 0.422 e. The quantitative estimate of drug-likeness (QED) is 0.629. The number of rotatable bonds is 5. The number of alkyl halides is 3. The second-order valence-electron chi connectivity index (χ2n) is 5.46. The van der Waals surface area contributed by atoms with Crippen molar-refractivity contribution in [3.05, 3.63) is 34.8 Å². The highest BCUT2D eigenvalue weighted by molar-refractivity contribution is 5.86. The highest BCUT2D eigenvalue weighted by Gasteiger charge is 2.29. The number of nitrogens with zero attached hydrogens (tertiary/aromatic N) is 6. The molecule has 3 rings (SSSR count). The number of aryl methyl sites for hydroxylation is 1. The van der Waals surface area contributed by atoms with E-state index in [0.717, 1.165) is 0 Å². The highest BCUT2D eigenvalue weighted by atomic mass is 19.4. The number of hydrogen-bond acceptors (Lipinski definition) is 8. The van der Waals surface area contributed by atoms with E-state index in [2.05, 4.69) is 41.4 Å². The van der Waals surface area contributed by atoms with Gasteiger partial charge in [0, 0.05) is 23.4 Å². The van der Waals surface area contributed by atoms with Crippen LogP contribution in [0.2, 0.25) is 0 Å². The van der Waals surface area contributed by atoms with Crippen molar-refractivity contribution in [1.29, 1.82) is 5.26 Å². The van der Waals surface area contributed by atoms with Crippen LogP contribution in [0.3, 0.4) is 0 Å². The molecule has 0 bridgehead atoms. The Morgan fingerprint density at radius 2 is 2.07 bits per heavy atom. The first-order valence-electron chi connectivity index (χ1n) is 7.50. The summed E-state index contributed by atoms with van der Waals surface area (Å²) in [6.07, 6.45) is -4.32. The minimum absolute atomic E-state index is 0.199. The van der Waals surface area contributed by atoms with Gasteiger partial charge in [0.2, 0.25) is 5.65 Å². The lowest BCUT2D eigenvalue weighted by atomic mass is 10.0. The fourth-order valence-electron chi connectivity index (χ4n) is 2.45. The Morgan fingerprint density at radius 1 is 1.30 bits per heavy atom. The van der Waals surface area contributed by atoms with E-state index >= 15 is 0 Å². The lowest BCUT2D eigenvalue weighted by molar-refractivity contribution is -0.153. The third kappa shape index (κ3) is 3.84. The fourth-order valence-corrected chi connectivity index (χ4v) is 2.45. The van der Waals surface area contributed by atoms with Gasteiger partial charge >= 0.3 is 6.18 Å². The zero-order chi connectivity index (χ0) is 19.6. The van der Waals surface area contributed by atoms with Crippen molar-refractivity contribution in [3.63, 3.8) is 0 Å². The maximum atomic E-state index is 12.3. The number of aliphatic imine (C=N–C) groups is 1. The Hall–Kier alpha value is -3.55. The summed E-state index contributed by atoms with van der Waals surface area (Å²) < 4.78 is 46.2. The van der Waals surface area contributed by atoms with E-state index in [0.29, 0.717) is 28.2 Å². The van der Waals surface area contributed by atoms with Crippen LogP contribution in [0.15, 0.2) is 21.8 Å². The molecule has 11 heteroatoms. The van der Waals surface area contributed by atoms with Crippen LogP contribution < -0.4 is 4.74 Å². The number of ether oxygens (including phenoxy) is 1. The van der Waals surface area contributed by atoms with Crippen molar-refractivity contribution in [3.8, 4) is 11.8 Å². The Balaban J connectivity index is 1.95. The Labute approximate surface area is 150 Å². The average molecular weight is 376 g/mol. The summed E-state index contributed by atoms with van der Waals surface area (Å²) >= 11 is 0. The molecule has 3 aromatic rings. The van der Waals surface area contributed by atoms with Gasteiger partial charge in [0.05, 0.1) is 0 Å². The number of hydrogen-bond donors (Lipinski definition) is 0. The normalized spacial score (nSPS) is 11.4. The minimum atomic E-state index is -4.51. The van der Waals surface area contributed by atoms with Crippen molar-refractivity contribution in [2.75, 3.05) is 6.61 Å². The summed E-state index contributed by atoms with van der Waals surface area (Å²) in [6.45, 7) is 3.73. The Bertz CT molecular complexity index is 1050. The third-order valence-electron chi connectivity index (χ3n) is 3.62. The van der Waals surface area contributed by atoms with E-state index in [1.807, 2.05) is 0 Å². The summed E-state index contributed by atoms with van der Waals surface area (Å²) in [5, 5.41) is 16.6. The van der Waals surface area contributed by atoms with Gasteiger partial charge in [-0.3, -0.25) is 4.99 Å². The highest BCUT2D eigenvalue weighted by Crippen LogP contribution is 2.31. The van der Waals surface area contributed by atoms with Crippen LogP contribution in [0.25, 0.3) is 11.2 Å². The van der Waals surface area contributed by atoms with Crippen LogP contribution in [-0.4, -0.2) is 39.8 Å². The molecule has 0 saturated heterocycles. The maximum absolute atomic E-state index is 12.3. The Kier molecular flexibility index (Phi) is 4.72. The van der Waals surface area contributed by atoms with Crippen molar-refractivity contribution in [2.45, 2.75) is 19.5 Å². The van der Waals surface area contributed by atoms with Gasteiger partial charge in [0.25, 0.3) is 0 Å². The standard InChI is InChI=1S/C16H11F3N6O2/c1-8-10(13(21-2)14-15(22-8)25-27-24-14)5-9-3-4-12(11(6-20)23-9)26-7-16(17,18)19/h3-4H,2,5,7H2,1H3. The first-order chi connectivity index (χ1) is 12.8. The molecule has 8 nitrogen and oxygen atoms in total. The summed E-state index contributed by atoms with van der Waals surface area (Å²) in [5.41, 5.74) is 2.40. The van der Waals surface area contributed by atoms with Crippen LogP contribution in [0.5, 0.6) is 5.75 Å². The summed E-state index contributed by atoms with van der Waals surface area (Å²) in [5.74, 6) is -0.244. The molecule has 0 fully saturated rings. The van der Waals surface area contributed by atoms with E-state index in [9.17, 15) is 13.2 Å². The number of pyridine rings is 2. The first-order valence-corrected chi connectivity index (χ1v) is 7.50. The number of aromatic nitrogens is 4. The van der Waals surface area contributed by atoms with Gasteiger partial charge in [-0.05, 0) is 36.1 Å². The number of halogens is 3. The molecule has 0 unspecified atom stereocenters. The van der Waals surface area contributed by atoms with Crippen LogP contribution in [-0.2, 0) is 6.42 Å². The summed E-state index contributed by atoms with van der Waals surface area (Å²) in [6, 6.07) is 4.47. The van der Waals surface area contributed by atoms with Gasteiger partial charge in [-0.2, -0.15) is 18.4 Å². The van der Waals surface area contributed by atoms with Crippen LogP contribution in [0.4, 0.5) is 18.9 Å². The van der Waals surface area contributed by atoms with Gasteiger partial charge in [-0.15, -0.1) is 0 Å². The van der Waals surface area contributed by atoms with Crippen molar-refractivity contribution in [1.82, 2.24) is 20.3 Å². The molecule has 0 aromatic carbocycles. The lowest BCUT2D eigenvalue weighted by Crippen LogP contribution is -2.19. The van der Waals surface area contributed by atoms with Crippen LogP contribution >= 0.6 is 0 Å². The zero-order valence-electron chi connectivity index (χ0n) is 13.9. The molecule has 0 radical (unpaired) electrons. The van der Waals surface area contributed by atoms with E-state index in [-0.39, 0.29) is 23.5 Å². The topological polar surface area (TPSA) is 110 Å². The molecule has 3 heterocycles. The summed E-state index contributed by atoms with van der Waals surface area (Å²) in [4.78, 5) is 12.3. The predicted molar refractivity (Wildman–Crippen MR) is 86.9 cm³/mol. The van der Waals surface area contributed by atoms with Gasteiger partial charge in [0.1, 0.15) is 11.8 Å². The van der Waals surface area contributed by atoms with Crippen molar-refractivity contribution < 1.29 is 22.5 Å². The molecule has 27 heavy (non-hydrogen) atoms. The van der Waals surface area contributed by atoms with Gasteiger partial charge < -0.3 is 4.74 Å². The molecule has 0 spiro atoms. The zero-order valence-corrected chi connectivity index (χ0v) is 13.9. The monoisotopic (exact) mass is 376 g/mol. The van der Waals surface area contributed by atoms with Gasteiger partial charge in [-0.25, -0.2) is 14.6 Å². The lowest BCUT2D eigenvalue weighted by Gasteiger charge is -2.12. The molecule has 3 aromatic heterocycles. The third-order valence-corrected chi connectivity index (χ3v) is 3.62. The van der Waals surface area contributed by atoms with Crippen LogP contribution in [0, 0.1) is 18.3 Å².